The molecule has 38 heavy (non-hydrogen) atoms. The van der Waals surface area contributed by atoms with Crippen LogP contribution in [0, 0.1) is 3.57 Å². The lowest BCUT2D eigenvalue weighted by Crippen LogP contribution is -2.54. The highest BCUT2D eigenvalue weighted by Gasteiger charge is 2.55. The van der Waals surface area contributed by atoms with Crippen LogP contribution in [0.5, 0.6) is 0 Å². The van der Waals surface area contributed by atoms with Crippen molar-refractivity contribution in [3.05, 3.63) is 20.3 Å². The molecule has 0 spiro atoms. The molecule has 1 aliphatic rings. The van der Waals surface area contributed by atoms with Gasteiger partial charge in [0.05, 0.1) is 22.7 Å². The first-order chi connectivity index (χ1) is 17.2. The van der Waals surface area contributed by atoms with E-state index in [0.717, 1.165) is 12.8 Å². The van der Waals surface area contributed by atoms with E-state index in [9.17, 15) is 9.59 Å². The van der Waals surface area contributed by atoms with E-state index in [0.29, 0.717) is 10.2 Å². The number of hydrogen-bond acceptors (Lipinski definition) is 8. The summed E-state index contributed by atoms with van der Waals surface area (Å²) in [6.07, 6.45) is 0.690. The minimum absolute atomic E-state index is 0.00507. The lowest BCUT2D eigenvalue weighted by Gasteiger charge is -2.44. The summed E-state index contributed by atoms with van der Waals surface area (Å²) in [6, 6.07) is 0. The zero-order valence-electron chi connectivity index (χ0n) is 25.0. The van der Waals surface area contributed by atoms with Crippen LogP contribution in [-0.4, -0.2) is 57.1 Å². The maximum Gasteiger partial charge on any atom is 0.351 e. The number of halogens is 1. The second-order valence-corrected chi connectivity index (χ2v) is 23.9. The monoisotopic (exact) mass is 681 g/mol. The number of hydrogen-bond donors (Lipinski definition) is 1. The minimum Gasteiger partial charge on any atom is -0.466 e. The summed E-state index contributed by atoms with van der Waals surface area (Å²) in [6.45, 7) is 24.1. The first kappa shape index (κ1) is 33.4. The smallest absolute Gasteiger partial charge is 0.351 e. The molecule has 218 valence electrons. The molecular weight excluding hydrogens is 633 g/mol. The Labute approximate surface area is 243 Å². The molecule has 1 aromatic rings. The van der Waals surface area contributed by atoms with Gasteiger partial charge in [-0.15, -0.1) is 0 Å². The van der Waals surface area contributed by atoms with Crippen LogP contribution in [-0.2, 0) is 23.1 Å². The summed E-state index contributed by atoms with van der Waals surface area (Å²) in [5.74, 6) is -0.187. The van der Waals surface area contributed by atoms with Crippen molar-refractivity contribution in [2.24, 2.45) is 0 Å². The van der Waals surface area contributed by atoms with Gasteiger partial charge in [0.15, 0.2) is 22.9 Å². The molecule has 0 aliphatic carbocycles. The van der Waals surface area contributed by atoms with Crippen LogP contribution in [0.1, 0.15) is 74.0 Å². The van der Waals surface area contributed by atoms with Crippen molar-refractivity contribution < 1.29 is 23.1 Å². The highest BCUT2D eigenvalue weighted by Crippen LogP contribution is 2.46. The van der Waals surface area contributed by atoms with Gasteiger partial charge >= 0.3 is 11.7 Å². The summed E-state index contributed by atoms with van der Waals surface area (Å²) in [5, 5.41) is -0.192. The van der Waals surface area contributed by atoms with Crippen molar-refractivity contribution in [3.8, 4) is 0 Å². The fraction of sp³-hybridized carbons (Fsp3) is 0.808. The first-order valence-electron chi connectivity index (χ1n) is 13.4. The molecule has 0 amide bonds. The largest absolute Gasteiger partial charge is 0.466 e. The van der Waals surface area contributed by atoms with E-state index in [-0.39, 0.29) is 28.3 Å². The van der Waals surface area contributed by atoms with Crippen LogP contribution in [0.15, 0.2) is 11.0 Å². The van der Waals surface area contributed by atoms with Crippen molar-refractivity contribution in [2.75, 3.05) is 12.3 Å². The van der Waals surface area contributed by atoms with Crippen LogP contribution in [0.3, 0.4) is 0 Å². The van der Waals surface area contributed by atoms with Gasteiger partial charge in [0.25, 0.3) is 0 Å². The molecule has 0 bridgehead atoms. The maximum absolute atomic E-state index is 13.1. The van der Waals surface area contributed by atoms with E-state index in [1.807, 2.05) is 29.5 Å². The van der Waals surface area contributed by atoms with Gasteiger partial charge < -0.3 is 24.1 Å². The van der Waals surface area contributed by atoms with Crippen molar-refractivity contribution in [1.82, 2.24) is 9.55 Å². The van der Waals surface area contributed by atoms with E-state index in [4.69, 9.17) is 24.1 Å². The Balaban J connectivity index is 2.63. The van der Waals surface area contributed by atoms with Crippen molar-refractivity contribution in [1.29, 1.82) is 0 Å². The van der Waals surface area contributed by atoms with Gasteiger partial charge in [0.1, 0.15) is 18.0 Å². The van der Waals surface area contributed by atoms with Crippen molar-refractivity contribution in [2.45, 2.75) is 129 Å². The molecule has 0 radical (unpaired) electrons. The predicted molar refractivity (Wildman–Crippen MR) is 164 cm³/mol. The third-order valence-electron chi connectivity index (χ3n) is 8.10. The second kappa shape index (κ2) is 12.4. The Morgan fingerprint density at radius 1 is 1.08 bits per heavy atom. The average molecular weight is 682 g/mol. The molecule has 1 aromatic heterocycles. The van der Waals surface area contributed by atoms with Crippen LogP contribution < -0.4 is 11.4 Å². The number of ether oxygens (including phenoxy) is 2. The lowest BCUT2D eigenvalue weighted by atomic mass is 10.1. The number of rotatable bonds is 10. The molecule has 2 rings (SSSR count). The summed E-state index contributed by atoms with van der Waals surface area (Å²) in [7, 11) is -4.71. The molecule has 2 heterocycles. The third-order valence-corrected chi connectivity index (χ3v) is 17.9. The molecular formula is C26H48IN3O6Si2. The Morgan fingerprint density at radius 3 is 2.11 bits per heavy atom. The number of nitrogens with two attached hydrogens (primary N) is 1. The van der Waals surface area contributed by atoms with Crippen molar-refractivity contribution in [3.63, 3.8) is 0 Å². The van der Waals surface area contributed by atoms with Crippen molar-refractivity contribution >= 4 is 51.0 Å². The Hall–Kier alpha value is -0.806. The third kappa shape index (κ3) is 7.90. The molecule has 1 saturated heterocycles. The topological polar surface area (TPSA) is 115 Å². The van der Waals surface area contributed by atoms with Gasteiger partial charge in [-0.1, -0.05) is 54.9 Å². The lowest BCUT2D eigenvalue weighted by molar-refractivity contribution is -0.148. The molecule has 0 unspecified atom stereocenters. The first-order valence-corrected chi connectivity index (χ1v) is 20.3. The number of unbranched alkanes of at least 4 members (excludes halogenated alkanes) is 1. The minimum atomic E-state index is -2.37. The van der Waals surface area contributed by atoms with Gasteiger partial charge in [-0.25, -0.2) is 4.79 Å². The second-order valence-electron chi connectivity index (χ2n) is 13.2. The maximum atomic E-state index is 13.1. The molecule has 4 atom stereocenters. The number of nitrogens with zero attached hydrogens (tertiary/aromatic N) is 2. The van der Waals surface area contributed by atoms with Gasteiger partial charge in [0.2, 0.25) is 0 Å². The van der Waals surface area contributed by atoms with E-state index >= 15 is 0 Å². The molecule has 1 fully saturated rings. The van der Waals surface area contributed by atoms with Crippen LogP contribution in [0.2, 0.25) is 36.3 Å². The van der Waals surface area contributed by atoms with E-state index < -0.39 is 46.9 Å². The Kier molecular flexibility index (Phi) is 10.9. The molecule has 0 aromatic carbocycles. The van der Waals surface area contributed by atoms with E-state index in [1.54, 1.807) is 6.20 Å². The van der Waals surface area contributed by atoms with E-state index in [2.05, 4.69) is 72.7 Å². The molecule has 9 nitrogen and oxygen atoms in total. The van der Waals surface area contributed by atoms with Crippen LogP contribution in [0.4, 0.5) is 5.82 Å². The Bertz CT molecular complexity index is 1040. The zero-order valence-corrected chi connectivity index (χ0v) is 29.2. The molecule has 0 saturated carbocycles. The predicted octanol–water partition coefficient (Wildman–Crippen LogP) is 5.84. The summed E-state index contributed by atoms with van der Waals surface area (Å²) in [5.41, 5.74) is 5.38. The quantitative estimate of drug-likeness (QED) is 0.142. The standard InChI is InChI=1S/C26H48IN3O6Si2/c1-12-13-14-33-19(31)15-18-20(35-37(8,9)25(2,3)4)21(36-38(10,11)26(5,6)7)23(34-18)30-16-17(27)22(28)29-24(30)32/h16,18,20-21,23H,12-15H2,1-11H3,(H2,28,29,32)/t18-,20-,21-,23-/m1/s1. The fourth-order valence-corrected chi connectivity index (χ4v) is 6.62. The van der Waals surface area contributed by atoms with Gasteiger partial charge in [-0.05, 0) is 65.3 Å². The molecule has 2 N–H and O–H groups in total. The SMILES string of the molecule is CCCCOC(=O)C[C@H]1O[C@@H](n2cc(I)c(N)nc2=O)[C@H](O[Si](C)(C)C(C)(C)C)[C@@H]1O[Si](C)(C)C(C)(C)C. The fourth-order valence-electron chi connectivity index (χ4n) is 3.59. The zero-order chi connectivity index (χ0) is 29.3. The Morgan fingerprint density at radius 2 is 1.61 bits per heavy atom. The van der Waals surface area contributed by atoms with E-state index in [1.165, 1.54) is 4.57 Å². The number of anilines is 1. The summed E-state index contributed by atoms with van der Waals surface area (Å²) >= 11 is 2.05. The number of esters is 1. The normalized spacial score (nSPS) is 23.1. The van der Waals surface area contributed by atoms with Crippen LogP contribution >= 0.6 is 22.6 Å². The molecule has 1 aliphatic heterocycles. The highest BCUT2D eigenvalue weighted by molar-refractivity contribution is 14.1. The highest BCUT2D eigenvalue weighted by atomic mass is 127. The number of carbonyl (C=O) groups excluding carboxylic acids is 1. The average Bonchev–Trinajstić information content (AvgIpc) is 3.05. The summed E-state index contributed by atoms with van der Waals surface area (Å²) in [4.78, 5) is 29.9. The van der Waals surface area contributed by atoms with Gasteiger partial charge in [0, 0.05) is 6.20 Å². The van der Waals surface area contributed by atoms with Gasteiger partial charge in [-0.3, -0.25) is 9.36 Å². The number of nitrogen functional groups attached to an aromatic ring is 1. The van der Waals surface area contributed by atoms with Gasteiger partial charge in [-0.2, -0.15) is 4.98 Å². The van der Waals surface area contributed by atoms with Crippen LogP contribution in [0.25, 0.3) is 0 Å². The number of carbonyl (C=O) groups is 1. The summed E-state index contributed by atoms with van der Waals surface area (Å²) < 4.78 is 28.0. The molecule has 12 heteroatoms. The number of aromatic nitrogens is 2.